The minimum absolute atomic E-state index is 0.0177. The molecule has 2 saturated carbocycles. The molecule has 2 fully saturated rings. The Hall–Kier alpha value is -4.41. The van der Waals surface area contributed by atoms with Crippen molar-refractivity contribution in [2.24, 2.45) is 5.92 Å². The van der Waals surface area contributed by atoms with Gasteiger partial charge in [-0.25, -0.2) is 23.2 Å². The highest BCUT2D eigenvalue weighted by Gasteiger charge is 2.50. The number of carboxylic acids is 1. The SMILES string of the molecule is CC1(NC(=O)c2c[nH]c3c4nc-4cc23)CCCC1=O.O=C(O)c1nn(-c2ccc(F)cc2F)c2c1C[C@H]1C[C@@H]21. The van der Waals surface area contributed by atoms with Crippen LogP contribution >= 0.6 is 0 Å². The number of aromatic carboxylic acids is 1. The maximum atomic E-state index is 13.9. The van der Waals surface area contributed by atoms with Crippen molar-refractivity contribution in [3.05, 3.63) is 64.6 Å². The molecule has 11 heteroatoms. The molecular weight excluding hydrogens is 508 g/mol. The van der Waals surface area contributed by atoms with Crippen LogP contribution in [0.4, 0.5) is 8.78 Å². The summed E-state index contributed by atoms with van der Waals surface area (Å²) in [7, 11) is 0. The molecule has 5 aliphatic rings. The number of amides is 1. The Morgan fingerprint density at radius 1 is 1.26 bits per heavy atom. The molecule has 0 radical (unpaired) electrons. The average Bonchev–Trinajstić information content (AvgIpc) is 3.48. The third-order valence-electron chi connectivity index (χ3n) is 8.30. The van der Waals surface area contributed by atoms with Crippen molar-refractivity contribution < 1.29 is 28.3 Å². The number of aromatic amines is 1. The standard InChI is InChI=1S/C14H10F2N2O2.C14H13N3O2/c15-7-1-2-11(10(16)5-7)18-13-8-3-6(8)4-9(13)12(17-18)14(19)20;1-14(4-2-3-10(14)18)17-13(19)8-6-15-11-7(8)5-9-12(11)16-9/h1-2,5-6,8H,3-4H2,(H,19,20);5-6,15H,2-4H2,1H3,(H,17,19)/t6-,8-;/m1./s1. The van der Waals surface area contributed by atoms with Gasteiger partial charge >= 0.3 is 5.97 Å². The van der Waals surface area contributed by atoms with Crippen LogP contribution in [0.3, 0.4) is 0 Å². The molecule has 39 heavy (non-hydrogen) atoms. The van der Waals surface area contributed by atoms with E-state index in [-0.39, 0.29) is 29.0 Å². The number of carboxylic acid groups (broad SMARTS) is 1. The molecule has 1 aliphatic heterocycles. The summed E-state index contributed by atoms with van der Waals surface area (Å²) < 4.78 is 28.2. The highest BCUT2D eigenvalue weighted by Crippen LogP contribution is 2.57. The molecule has 0 saturated heterocycles. The fraction of sp³-hybridized carbons (Fsp3) is 0.321. The van der Waals surface area contributed by atoms with Gasteiger partial charge in [-0.1, -0.05) is 0 Å². The molecule has 8 rings (SSSR count). The lowest BCUT2D eigenvalue weighted by Gasteiger charge is -2.23. The minimum atomic E-state index is -1.11. The zero-order chi connectivity index (χ0) is 27.2. The lowest BCUT2D eigenvalue weighted by Crippen LogP contribution is -2.49. The summed E-state index contributed by atoms with van der Waals surface area (Å²) >= 11 is 0. The van der Waals surface area contributed by atoms with Crippen molar-refractivity contribution in [2.75, 3.05) is 0 Å². The molecular formula is C28H23F2N5O4. The number of hydrogen-bond donors (Lipinski definition) is 3. The number of pyridine rings is 1. The third-order valence-corrected chi connectivity index (χ3v) is 8.30. The number of hydrogen-bond acceptors (Lipinski definition) is 5. The van der Waals surface area contributed by atoms with E-state index in [9.17, 15) is 28.3 Å². The van der Waals surface area contributed by atoms with Crippen LogP contribution in [-0.2, 0) is 11.2 Å². The zero-order valence-corrected chi connectivity index (χ0v) is 20.8. The monoisotopic (exact) mass is 531 g/mol. The van der Waals surface area contributed by atoms with Crippen LogP contribution in [0.5, 0.6) is 0 Å². The first kappa shape index (κ1) is 23.7. The smallest absolute Gasteiger partial charge is 0.356 e. The normalized spacial score (nSPS) is 23.2. The van der Waals surface area contributed by atoms with E-state index in [1.54, 1.807) is 6.20 Å². The number of aromatic nitrogens is 4. The van der Waals surface area contributed by atoms with Crippen LogP contribution in [0.15, 0.2) is 30.5 Å². The number of H-pyrrole nitrogens is 1. The largest absolute Gasteiger partial charge is 0.476 e. The Balaban J connectivity index is 0.000000130. The molecule has 3 heterocycles. The van der Waals surface area contributed by atoms with Crippen molar-refractivity contribution in [3.8, 4) is 17.1 Å². The molecule has 1 unspecified atom stereocenters. The number of ketones is 1. The number of nitrogens with one attached hydrogen (secondary N) is 2. The number of fused-ring (bicyclic) bond motifs is 6. The number of rotatable bonds is 4. The summed E-state index contributed by atoms with van der Waals surface area (Å²) in [6.07, 6.45) is 5.49. The van der Waals surface area contributed by atoms with Gasteiger partial charge in [0.25, 0.3) is 5.91 Å². The first-order valence-electron chi connectivity index (χ1n) is 12.8. The summed E-state index contributed by atoms with van der Waals surface area (Å²) in [5.74, 6) is -1.86. The Morgan fingerprint density at radius 2 is 2.08 bits per heavy atom. The lowest BCUT2D eigenvalue weighted by atomic mass is 9.99. The van der Waals surface area contributed by atoms with Crippen molar-refractivity contribution in [2.45, 2.75) is 50.5 Å². The van der Waals surface area contributed by atoms with Crippen LogP contribution in [0.2, 0.25) is 0 Å². The summed E-state index contributed by atoms with van der Waals surface area (Å²) in [4.78, 5) is 42.7. The molecule has 0 spiro atoms. The van der Waals surface area contributed by atoms with Crippen molar-refractivity contribution >= 4 is 28.6 Å². The number of carbonyl (C=O) groups excluding carboxylic acids is 2. The molecule has 3 N–H and O–H groups in total. The van der Waals surface area contributed by atoms with Crippen LogP contribution < -0.4 is 5.32 Å². The van der Waals surface area contributed by atoms with Gasteiger partial charge in [0, 0.05) is 35.6 Å². The minimum Gasteiger partial charge on any atom is -0.476 e. The molecule has 198 valence electrons. The summed E-state index contributed by atoms with van der Waals surface area (Å²) in [6.45, 7) is 1.81. The molecule has 4 aliphatic carbocycles. The highest BCUT2D eigenvalue weighted by atomic mass is 19.1. The maximum absolute atomic E-state index is 13.9. The van der Waals surface area contributed by atoms with Gasteiger partial charge in [-0.15, -0.1) is 0 Å². The first-order chi connectivity index (χ1) is 18.6. The van der Waals surface area contributed by atoms with Crippen LogP contribution in [-0.4, -0.2) is 48.1 Å². The number of benzene rings is 1. The van der Waals surface area contributed by atoms with E-state index >= 15 is 0 Å². The van der Waals surface area contributed by atoms with E-state index in [1.807, 2.05) is 13.0 Å². The van der Waals surface area contributed by atoms with Gasteiger partial charge in [0.1, 0.15) is 17.2 Å². The van der Waals surface area contributed by atoms with Gasteiger partial charge in [0.2, 0.25) is 0 Å². The molecule has 1 amide bonds. The van der Waals surface area contributed by atoms with Gasteiger partial charge in [-0.3, -0.25) is 9.59 Å². The van der Waals surface area contributed by atoms with Crippen LogP contribution in [0.1, 0.15) is 70.6 Å². The third kappa shape index (κ3) is 3.67. The summed E-state index contributed by atoms with van der Waals surface area (Å²) in [5.41, 5.74) is 4.28. The molecule has 9 nitrogen and oxygen atoms in total. The fourth-order valence-electron chi connectivity index (χ4n) is 6.07. The van der Waals surface area contributed by atoms with E-state index in [4.69, 9.17) is 0 Å². The molecule has 2 aromatic heterocycles. The Kier molecular flexibility index (Phi) is 4.89. The Bertz CT molecular complexity index is 1760. The van der Waals surface area contributed by atoms with Gasteiger partial charge in [-0.2, -0.15) is 5.10 Å². The highest BCUT2D eigenvalue weighted by molar-refractivity contribution is 6.14. The van der Waals surface area contributed by atoms with Crippen molar-refractivity contribution in [3.63, 3.8) is 0 Å². The molecule has 3 aromatic rings. The van der Waals surface area contributed by atoms with Crippen molar-refractivity contribution in [1.82, 2.24) is 25.1 Å². The summed E-state index contributed by atoms with van der Waals surface area (Å²) in [5, 5.41) is 17.0. The number of nitrogens with zero attached hydrogens (tertiary/aromatic N) is 3. The van der Waals surface area contributed by atoms with Gasteiger partial charge in [0.05, 0.1) is 28.0 Å². The van der Waals surface area contributed by atoms with Gasteiger partial charge < -0.3 is 15.4 Å². The topological polar surface area (TPSA) is 130 Å². The average molecular weight is 532 g/mol. The fourth-order valence-corrected chi connectivity index (χ4v) is 6.07. The van der Waals surface area contributed by atoms with E-state index in [0.29, 0.717) is 29.9 Å². The van der Waals surface area contributed by atoms with E-state index in [0.717, 1.165) is 59.4 Å². The van der Waals surface area contributed by atoms with Crippen molar-refractivity contribution in [1.29, 1.82) is 0 Å². The summed E-state index contributed by atoms with van der Waals surface area (Å²) in [6, 6.07) is 5.13. The molecule has 1 aromatic carbocycles. The quantitative estimate of drug-likeness (QED) is 0.317. The van der Waals surface area contributed by atoms with E-state index in [2.05, 4.69) is 20.4 Å². The maximum Gasteiger partial charge on any atom is 0.356 e. The second kappa shape index (κ2) is 8.05. The van der Waals surface area contributed by atoms with E-state index < -0.39 is 23.1 Å². The molecule has 0 bridgehead atoms. The Morgan fingerprint density at radius 3 is 2.79 bits per heavy atom. The first-order valence-corrected chi connectivity index (χ1v) is 12.8. The lowest BCUT2D eigenvalue weighted by molar-refractivity contribution is -0.122. The molecule has 3 atom stereocenters. The second-order valence-electron chi connectivity index (χ2n) is 10.9. The predicted octanol–water partition coefficient (Wildman–Crippen LogP) is 4.29. The number of Topliss-reactive ketones (excluding diaryl/α,β-unsaturated/α-hetero) is 1. The van der Waals surface area contributed by atoms with Crippen LogP contribution in [0.25, 0.3) is 28.0 Å². The second-order valence-corrected chi connectivity index (χ2v) is 10.9. The number of carbonyl (C=O) groups is 3. The van der Waals surface area contributed by atoms with Crippen LogP contribution in [0, 0.1) is 17.6 Å². The van der Waals surface area contributed by atoms with Gasteiger partial charge in [-0.05, 0) is 56.7 Å². The predicted molar refractivity (Wildman–Crippen MR) is 135 cm³/mol. The van der Waals surface area contributed by atoms with E-state index in [1.165, 1.54) is 10.7 Å². The van der Waals surface area contributed by atoms with Gasteiger partial charge in [0.15, 0.2) is 17.3 Å². The number of halogens is 2. The Labute approximate surface area is 220 Å². The zero-order valence-electron chi connectivity index (χ0n) is 20.8.